The van der Waals surface area contributed by atoms with Crippen molar-refractivity contribution in [2.75, 3.05) is 5.32 Å². The SMILES string of the molecule is Cc1cc(NCc2cncs2)ncn1. The Morgan fingerprint density at radius 2 is 2.36 bits per heavy atom. The fraction of sp³-hybridized carbons (Fsp3) is 0.222. The Bertz CT molecular complexity index is 399. The summed E-state index contributed by atoms with van der Waals surface area (Å²) in [7, 11) is 0. The molecule has 0 radical (unpaired) electrons. The van der Waals surface area contributed by atoms with Crippen molar-refractivity contribution in [3.63, 3.8) is 0 Å². The van der Waals surface area contributed by atoms with Crippen molar-refractivity contribution >= 4 is 17.2 Å². The third-order valence-electron chi connectivity index (χ3n) is 1.73. The van der Waals surface area contributed by atoms with E-state index in [1.165, 1.54) is 4.88 Å². The van der Waals surface area contributed by atoms with Crippen molar-refractivity contribution < 1.29 is 0 Å². The van der Waals surface area contributed by atoms with E-state index in [2.05, 4.69) is 20.3 Å². The number of aryl methyl sites for hydroxylation is 1. The fourth-order valence-corrected chi connectivity index (χ4v) is 1.59. The first kappa shape index (κ1) is 9.08. The molecule has 14 heavy (non-hydrogen) atoms. The van der Waals surface area contributed by atoms with Crippen molar-refractivity contribution in [1.82, 2.24) is 15.0 Å². The summed E-state index contributed by atoms with van der Waals surface area (Å²) in [6.07, 6.45) is 3.41. The minimum absolute atomic E-state index is 0.765. The molecule has 0 amide bonds. The van der Waals surface area contributed by atoms with E-state index >= 15 is 0 Å². The summed E-state index contributed by atoms with van der Waals surface area (Å²) >= 11 is 1.63. The molecular weight excluding hydrogens is 196 g/mol. The molecular formula is C9H10N4S. The Morgan fingerprint density at radius 3 is 3.07 bits per heavy atom. The van der Waals surface area contributed by atoms with E-state index in [4.69, 9.17) is 0 Å². The minimum Gasteiger partial charge on any atom is -0.365 e. The Labute approximate surface area is 86.1 Å². The van der Waals surface area contributed by atoms with Crippen LogP contribution in [0.15, 0.2) is 24.1 Å². The predicted octanol–water partition coefficient (Wildman–Crippen LogP) is 1.85. The van der Waals surface area contributed by atoms with Crippen LogP contribution in [-0.2, 0) is 6.54 Å². The van der Waals surface area contributed by atoms with Gasteiger partial charge in [0.2, 0.25) is 0 Å². The molecule has 0 fully saturated rings. The summed E-state index contributed by atoms with van der Waals surface area (Å²) in [5, 5.41) is 3.21. The van der Waals surface area contributed by atoms with Crippen LogP contribution >= 0.6 is 11.3 Å². The van der Waals surface area contributed by atoms with Crippen LogP contribution in [0.4, 0.5) is 5.82 Å². The number of hydrogen-bond donors (Lipinski definition) is 1. The van der Waals surface area contributed by atoms with Crippen molar-refractivity contribution in [3.8, 4) is 0 Å². The maximum absolute atomic E-state index is 4.10. The molecule has 2 aromatic rings. The Hall–Kier alpha value is -1.49. The van der Waals surface area contributed by atoms with E-state index in [-0.39, 0.29) is 0 Å². The molecule has 0 spiro atoms. The second-order valence-electron chi connectivity index (χ2n) is 2.87. The Balaban J connectivity index is 1.98. The predicted molar refractivity (Wildman–Crippen MR) is 56.2 cm³/mol. The summed E-state index contributed by atoms with van der Waals surface area (Å²) in [5.41, 5.74) is 2.79. The lowest BCUT2D eigenvalue weighted by atomic mass is 10.4. The molecule has 0 bridgehead atoms. The summed E-state index contributed by atoms with van der Waals surface area (Å²) in [4.78, 5) is 13.3. The maximum Gasteiger partial charge on any atom is 0.129 e. The molecule has 1 N–H and O–H groups in total. The van der Waals surface area contributed by atoms with Gasteiger partial charge in [-0.05, 0) is 6.92 Å². The molecule has 2 rings (SSSR count). The van der Waals surface area contributed by atoms with Crippen LogP contribution in [-0.4, -0.2) is 15.0 Å². The van der Waals surface area contributed by atoms with Crippen molar-refractivity contribution in [2.24, 2.45) is 0 Å². The van der Waals surface area contributed by atoms with Gasteiger partial charge in [-0.25, -0.2) is 9.97 Å². The zero-order valence-electron chi connectivity index (χ0n) is 7.77. The molecule has 0 atom stereocenters. The van der Waals surface area contributed by atoms with E-state index in [1.807, 2.05) is 24.7 Å². The highest BCUT2D eigenvalue weighted by molar-refractivity contribution is 7.09. The first-order valence-electron chi connectivity index (χ1n) is 4.24. The van der Waals surface area contributed by atoms with Gasteiger partial charge in [0.15, 0.2) is 0 Å². The molecule has 4 nitrogen and oxygen atoms in total. The van der Waals surface area contributed by atoms with E-state index in [9.17, 15) is 0 Å². The minimum atomic E-state index is 0.765. The molecule has 72 valence electrons. The second kappa shape index (κ2) is 4.15. The summed E-state index contributed by atoms with van der Waals surface area (Å²) in [5.74, 6) is 0.853. The number of hydrogen-bond acceptors (Lipinski definition) is 5. The molecule has 0 aromatic carbocycles. The molecule has 2 heterocycles. The zero-order chi connectivity index (χ0) is 9.80. The first-order chi connectivity index (χ1) is 6.84. The van der Waals surface area contributed by atoms with Gasteiger partial charge < -0.3 is 5.32 Å². The molecule has 5 heteroatoms. The third kappa shape index (κ3) is 2.26. The third-order valence-corrected chi connectivity index (χ3v) is 2.51. The van der Waals surface area contributed by atoms with Gasteiger partial charge >= 0.3 is 0 Å². The van der Waals surface area contributed by atoms with Crippen LogP contribution in [0.5, 0.6) is 0 Å². The summed E-state index contributed by atoms with van der Waals surface area (Å²) in [6, 6.07) is 1.92. The molecule has 2 aromatic heterocycles. The Kier molecular flexibility index (Phi) is 2.69. The average molecular weight is 206 g/mol. The highest BCUT2D eigenvalue weighted by Crippen LogP contribution is 2.09. The Morgan fingerprint density at radius 1 is 1.43 bits per heavy atom. The normalized spacial score (nSPS) is 10.1. The monoisotopic (exact) mass is 206 g/mol. The fourth-order valence-electron chi connectivity index (χ4n) is 1.06. The molecule has 0 saturated heterocycles. The van der Waals surface area contributed by atoms with Crippen molar-refractivity contribution in [1.29, 1.82) is 0 Å². The smallest absolute Gasteiger partial charge is 0.129 e. The van der Waals surface area contributed by atoms with Gasteiger partial charge in [-0.3, -0.25) is 4.98 Å². The van der Waals surface area contributed by atoms with Crippen LogP contribution in [0.2, 0.25) is 0 Å². The van der Waals surface area contributed by atoms with Gasteiger partial charge in [0.1, 0.15) is 12.1 Å². The van der Waals surface area contributed by atoms with Crippen LogP contribution in [0.3, 0.4) is 0 Å². The van der Waals surface area contributed by atoms with Crippen LogP contribution in [0.25, 0.3) is 0 Å². The lowest BCUT2D eigenvalue weighted by Crippen LogP contribution is -2.00. The van der Waals surface area contributed by atoms with Gasteiger partial charge in [0, 0.05) is 22.8 Å². The molecule has 0 aliphatic rings. The lowest BCUT2D eigenvalue weighted by molar-refractivity contribution is 1.06. The standard InChI is InChI=1S/C9H10N4S/c1-7-2-9(13-5-12-7)11-4-8-3-10-6-14-8/h2-3,5-6H,4H2,1H3,(H,11,12,13). The van der Waals surface area contributed by atoms with E-state index in [1.54, 1.807) is 17.7 Å². The number of anilines is 1. The van der Waals surface area contributed by atoms with Crippen molar-refractivity contribution in [2.45, 2.75) is 13.5 Å². The van der Waals surface area contributed by atoms with E-state index in [0.29, 0.717) is 0 Å². The number of nitrogens with one attached hydrogen (secondary N) is 1. The summed E-state index contributed by atoms with van der Waals surface area (Å²) < 4.78 is 0. The zero-order valence-corrected chi connectivity index (χ0v) is 8.58. The van der Waals surface area contributed by atoms with Gasteiger partial charge in [0.05, 0.1) is 12.1 Å². The summed E-state index contributed by atoms with van der Waals surface area (Å²) in [6.45, 7) is 2.71. The van der Waals surface area contributed by atoms with E-state index < -0.39 is 0 Å². The number of aromatic nitrogens is 3. The van der Waals surface area contributed by atoms with Gasteiger partial charge in [-0.1, -0.05) is 0 Å². The maximum atomic E-state index is 4.10. The van der Waals surface area contributed by atoms with Crippen LogP contribution < -0.4 is 5.32 Å². The largest absolute Gasteiger partial charge is 0.365 e. The topological polar surface area (TPSA) is 50.7 Å². The molecule has 0 saturated carbocycles. The van der Waals surface area contributed by atoms with Crippen LogP contribution in [0.1, 0.15) is 10.6 Å². The van der Waals surface area contributed by atoms with Gasteiger partial charge in [0.25, 0.3) is 0 Å². The highest BCUT2D eigenvalue weighted by atomic mass is 32.1. The number of thiazole rings is 1. The quantitative estimate of drug-likeness (QED) is 0.832. The van der Waals surface area contributed by atoms with E-state index in [0.717, 1.165) is 18.1 Å². The second-order valence-corrected chi connectivity index (χ2v) is 3.84. The van der Waals surface area contributed by atoms with Gasteiger partial charge in [-0.15, -0.1) is 11.3 Å². The molecule has 0 aliphatic heterocycles. The highest BCUT2D eigenvalue weighted by Gasteiger charge is 1.96. The average Bonchev–Trinajstić information content (AvgIpc) is 2.67. The van der Waals surface area contributed by atoms with Crippen molar-refractivity contribution in [3.05, 3.63) is 34.7 Å². The molecule has 0 unspecified atom stereocenters. The van der Waals surface area contributed by atoms with Crippen LogP contribution in [0, 0.1) is 6.92 Å². The first-order valence-corrected chi connectivity index (χ1v) is 5.12. The number of nitrogens with zero attached hydrogens (tertiary/aromatic N) is 3. The van der Waals surface area contributed by atoms with Gasteiger partial charge in [-0.2, -0.15) is 0 Å². The lowest BCUT2D eigenvalue weighted by Gasteiger charge is -2.02. The molecule has 0 aliphatic carbocycles. The number of rotatable bonds is 3.